The summed E-state index contributed by atoms with van der Waals surface area (Å²) in [5.74, 6) is -1.07. The first kappa shape index (κ1) is 14.0. The molecule has 0 aliphatic carbocycles. The van der Waals surface area contributed by atoms with Crippen molar-refractivity contribution in [3.8, 4) is 0 Å². The maximum atomic E-state index is 11.4. The number of hydrogen-bond donors (Lipinski definition) is 3. The lowest BCUT2D eigenvalue weighted by Crippen LogP contribution is -2.20. The van der Waals surface area contributed by atoms with E-state index in [0.717, 1.165) is 5.69 Å². The zero-order chi connectivity index (χ0) is 13.5. The van der Waals surface area contributed by atoms with Crippen molar-refractivity contribution in [2.24, 2.45) is 0 Å². The molecule has 1 aromatic rings. The van der Waals surface area contributed by atoms with Crippen molar-refractivity contribution in [1.82, 2.24) is 10.3 Å². The molecule has 98 valence electrons. The van der Waals surface area contributed by atoms with Gasteiger partial charge < -0.3 is 15.7 Å². The van der Waals surface area contributed by atoms with Crippen LogP contribution in [0.4, 0.5) is 5.69 Å². The Kier molecular flexibility index (Phi) is 5.10. The number of amides is 1. The third-order valence-corrected chi connectivity index (χ3v) is 2.42. The van der Waals surface area contributed by atoms with Crippen LogP contribution in [0, 0.1) is 0 Å². The molecule has 0 bridgehead atoms. The highest BCUT2D eigenvalue weighted by atomic mass is 16.4. The number of carboxylic acids is 1. The molecule has 6 heteroatoms. The molecule has 6 nitrogen and oxygen atoms in total. The van der Waals surface area contributed by atoms with Gasteiger partial charge in [-0.2, -0.15) is 0 Å². The molecule has 0 saturated carbocycles. The van der Waals surface area contributed by atoms with Crippen LogP contribution in [0.3, 0.4) is 0 Å². The molecule has 0 aliphatic rings. The summed E-state index contributed by atoms with van der Waals surface area (Å²) in [6.07, 6.45) is 2.17. The molecule has 0 radical (unpaired) electrons. The Morgan fingerprint density at radius 2 is 2.22 bits per heavy atom. The van der Waals surface area contributed by atoms with E-state index in [1.807, 2.05) is 6.92 Å². The Morgan fingerprint density at radius 3 is 2.83 bits per heavy atom. The molecule has 0 saturated heterocycles. The minimum atomic E-state index is -0.815. The zero-order valence-electron chi connectivity index (χ0n) is 10.4. The molecule has 1 aromatic heterocycles. The Bertz CT molecular complexity index is 434. The van der Waals surface area contributed by atoms with Gasteiger partial charge >= 0.3 is 5.97 Å². The summed E-state index contributed by atoms with van der Waals surface area (Å²) in [4.78, 5) is 25.8. The highest BCUT2D eigenvalue weighted by Crippen LogP contribution is 2.11. The standard InChI is InChI=1S/C12H17N3O3/c1-8(3-4-11(16)17)15-9-5-6-14-10(7-9)12(18)13-2/h5-8H,3-4H2,1-2H3,(H,13,18)(H,14,15)(H,16,17). The van der Waals surface area contributed by atoms with Gasteiger partial charge in [-0.3, -0.25) is 14.6 Å². The zero-order valence-corrected chi connectivity index (χ0v) is 10.4. The number of aromatic nitrogens is 1. The fourth-order valence-corrected chi connectivity index (χ4v) is 1.47. The fourth-order valence-electron chi connectivity index (χ4n) is 1.47. The lowest BCUT2D eigenvalue weighted by Gasteiger charge is -2.14. The molecule has 1 amide bonds. The van der Waals surface area contributed by atoms with Crippen LogP contribution in [0.5, 0.6) is 0 Å². The summed E-state index contributed by atoms with van der Waals surface area (Å²) in [7, 11) is 1.54. The van der Waals surface area contributed by atoms with Crippen molar-refractivity contribution < 1.29 is 14.7 Å². The summed E-state index contributed by atoms with van der Waals surface area (Å²) in [6, 6.07) is 3.39. The molecular formula is C12H17N3O3. The summed E-state index contributed by atoms with van der Waals surface area (Å²) in [5, 5.41) is 14.2. The summed E-state index contributed by atoms with van der Waals surface area (Å²) >= 11 is 0. The molecule has 1 heterocycles. The van der Waals surface area contributed by atoms with Crippen LogP contribution >= 0.6 is 0 Å². The Balaban J connectivity index is 2.61. The van der Waals surface area contributed by atoms with Crippen molar-refractivity contribution in [3.63, 3.8) is 0 Å². The van der Waals surface area contributed by atoms with Crippen molar-refractivity contribution >= 4 is 17.6 Å². The third-order valence-electron chi connectivity index (χ3n) is 2.42. The Labute approximate surface area is 105 Å². The van der Waals surface area contributed by atoms with Gasteiger partial charge in [-0.1, -0.05) is 0 Å². The highest BCUT2D eigenvalue weighted by Gasteiger charge is 2.08. The number of nitrogens with one attached hydrogen (secondary N) is 2. The number of carbonyl (C=O) groups is 2. The molecule has 18 heavy (non-hydrogen) atoms. The van der Waals surface area contributed by atoms with Gasteiger partial charge in [0, 0.05) is 31.4 Å². The minimum Gasteiger partial charge on any atom is -0.481 e. The molecule has 1 atom stereocenters. The summed E-state index contributed by atoms with van der Waals surface area (Å²) < 4.78 is 0. The maximum Gasteiger partial charge on any atom is 0.303 e. The maximum absolute atomic E-state index is 11.4. The number of anilines is 1. The van der Waals surface area contributed by atoms with Gasteiger partial charge in [0.25, 0.3) is 5.91 Å². The van der Waals surface area contributed by atoms with Crippen LogP contribution < -0.4 is 10.6 Å². The number of pyridine rings is 1. The van der Waals surface area contributed by atoms with Gasteiger partial charge in [-0.05, 0) is 25.5 Å². The van der Waals surface area contributed by atoms with Crippen molar-refractivity contribution in [3.05, 3.63) is 24.0 Å². The first-order valence-corrected chi connectivity index (χ1v) is 5.69. The molecule has 0 aromatic carbocycles. The van der Waals surface area contributed by atoms with Crippen LogP contribution in [-0.2, 0) is 4.79 Å². The molecule has 0 aliphatic heterocycles. The number of aliphatic carboxylic acids is 1. The van der Waals surface area contributed by atoms with Crippen LogP contribution in [0.2, 0.25) is 0 Å². The number of carbonyl (C=O) groups excluding carboxylic acids is 1. The molecule has 0 spiro atoms. The normalized spacial score (nSPS) is 11.7. The second-order valence-electron chi connectivity index (χ2n) is 3.99. The molecular weight excluding hydrogens is 234 g/mol. The largest absolute Gasteiger partial charge is 0.481 e. The first-order valence-electron chi connectivity index (χ1n) is 5.69. The van der Waals surface area contributed by atoms with Gasteiger partial charge in [0.2, 0.25) is 0 Å². The minimum absolute atomic E-state index is 0.0148. The third kappa shape index (κ3) is 4.40. The van der Waals surface area contributed by atoms with E-state index >= 15 is 0 Å². The van der Waals surface area contributed by atoms with Crippen LogP contribution in [0.25, 0.3) is 0 Å². The van der Waals surface area contributed by atoms with Gasteiger partial charge in [-0.15, -0.1) is 0 Å². The van der Waals surface area contributed by atoms with Gasteiger partial charge in [0.15, 0.2) is 0 Å². The van der Waals surface area contributed by atoms with E-state index in [2.05, 4.69) is 15.6 Å². The lowest BCUT2D eigenvalue weighted by molar-refractivity contribution is -0.137. The second-order valence-corrected chi connectivity index (χ2v) is 3.99. The highest BCUT2D eigenvalue weighted by molar-refractivity contribution is 5.92. The van der Waals surface area contributed by atoms with E-state index in [4.69, 9.17) is 5.11 Å². The topological polar surface area (TPSA) is 91.3 Å². The number of nitrogens with zero attached hydrogens (tertiary/aromatic N) is 1. The predicted molar refractivity (Wildman–Crippen MR) is 67.6 cm³/mol. The van der Waals surface area contributed by atoms with E-state index in [-0.39, 0.29) is 18.4 Å². The average Bonchev–Trinajstić information content (AvgIpc) is 2.35. The molecule has 1 rings (SSSR count). The van der Waals surface area contributed by atoms with E-state index in [9.17, 15) is 9.59 Å². The van der Waals surface area contributed by atoms with Crippen molar-refractivity contribution in [2.75, 3.05) is 12.4 Å². The second kappa shape index (κ2) is 6.58. The SMILES string of the molecule is CNC(=O)c1cc(NC(C)CCC(=O)O)ccn1. The van der Waals surface area contributed by atoms with Crippen molar-refractivity contribution in [1.29, 1.82) is 0 Å². The smallest absolute Gasteiger partial charge is 0.303 e. The average molecular weight is 251 g/mol. The quantitative estimate of drug-likeness (QED) is 0.704. The number of hydrogen-bond acceptors (Lipinski definition) is 4. The summed E-state index contributed by atoms with van der Waals surface area (Å²) in [6.45, 7) is 1.89. The van der Waals surface area contributed by atoms with Gasteiger partial charge in [0.1, 0.15) is 5.69 Å². The van der Waals surface area contributed by atoms with E-state index in [1.54, 1.807) is 19.2 Å². The lowest BCUT2D eigenvalue weighted by atomic mass is 10.1. The monoisotopic (exact) mass is 251 g/mol. The Hall–Kier alpha value is -2.11. The van der Waals surface area contributed by atoms with Crippen LogP contribution in [-0.4, -0.2) is 35.1 Å². The van der Waals surface area contributed by atoms with E-state index in [1.165, 1.54) is 6.20 Å². The molecule has 1 unspecified atom stereocenters. The molecule has 0 fully saturated rings. The number of carboxylic acid groups (broad SMARTS) is 1. The van der Waals surface area contributed by atoms with Crippen molar-refractivity contribution in [2.45, 2.75) is 25.8 Å². The Morgan fingerprint density at radius 1 is 1.50 bits per heavy atom. The van der Waals surface area contributed by atoms with Crippen LogP contribution in [0.15, 0.2) is 18.3 Å². The number of rotatable bonds is 6. The molecule has 3 N–H and O–H groups in total. The van der Waals surface area contributed by atoms with Gasteiger partial charge in [-0.25, -0.2) is 0 Å². The first-order chi connectivity index (χ1) is 8.52. The predicted octanol–water partition coefficient (Wildman–Crippen LogP) is 1.11. The van der Waals surface area contributed by atoms with Gasteiger partial charge in [0.05, 0.1) is 0 Å². The summed E-state index contributed by atoms with van der Waals surface area (Å²) in [5.41, 5.74) is 1.08. The fraction of sp³-hybridized carbons (Fsp3) is 0.417. The van der Waals surface area contributed by atoms with E-state index < -0.39 is 5.97 Å². The van der Waals surface area contributed by atoms with E-state index in [0.29, 0.717) is 12.1 Å². The van der Waals surface area contributed by atoms with Crippen LogP contribution in [0.1, 0.15) is 30.3 Å².